The minimum atomic E-state index is 0.113. The van der Waals surface area contributed by atoms with E-state index < -0.39 is 0 Å². The molecule has 0 aliphatic carbocycles. The van der Waals surface area contributed by atoms with Crippen LogP contribution in [0.4, 0.5) is 5.82 Å². The fourth-order valence-corrected chi connectivity index (χ4v) is 4.46. The number of hydrogen-bond acceptors (Lipinski definition) is 7. The standard InChI is InChI=1S/C26H30N6O2/c1-17-21(14-32(3)31-17)18-5-6-19(22(11-18)33-4)12-23-28-13-20-7-9-27-25(24(20)30-23)29-15-26(2)8-10-34-16-26/h5-7,9,11,13-14H,8,10,12,15-16H2,1-4H3,(H,27,29). The molecule has 4 aromatic rings. The van der Waals surface area contributed by atoms with E-state index in [2.05, 4.69) is 45.5 Å². The molecule has 3 aromatic heterocycles. The number of fused-ring (bicyclic) bond motifs is 1. The summed E-state index contributed by atoms with van der Waals surface area (Å²) in [5.74, 6) is 2.31. The van der Waals surface area contributed by atoms with E-state index in [-0.39, 0.29) is 5.41 Å². The van der Waals surface area contributed by atoms with Crippen LogP contribution >= 0.6 is 0 Å². The number of methoxy groups -OCH3 is 1. The average molecular weight is 459 g/mol. The molecule has 1 unspecified atom stereocenters. The first-order valence-electron chi connectivity index (χ1n) is 11.5. The van der Waals surface area contributed by atoms with Gasteiger partial charge in [0.1, 0.15) is 17.1 Å². The third kappa shape index (κ3) is 4.46. The summed E-state index contributed by atoms with van der Waals surface area (Å²) in [6.07, 6.45) is 7.29. The molecule has 1 N–H and O–H groups in total. The fraction of sp³-hybridized carbons (Fsp3) is 0.385. The highest BCUT2D eigenvalue weighted by atomic mass is 16.5. The second kappa shape index (κ2) is 9.02. The van der Waals surface area contributed by atoms with Crippen LogP contribution in [0.1, 0.15) is 30.4 Å². The van der Waals surface area contributed by atoms with Crippen molar-refractivity contribution in [1.29, 1.82) is 0 Å². The molecule has 8 heteroatoms. The quantitative estimate of drug-likeness (QED) is 0.445. The van der Waals surface area contributed by atoms with Crippen molar-refractivity contribution >= 4 is 16.7 Å². The topological polar surface area (TPSA) is 87.0 Å². The molecule has 34 heavy (non-hydrogen) atoms. The molecular formula is C26H30N6O2. The summed E-state index contributed by atoms with van der Waals surface area (Å²) in [6, 6.07) is 8.18. The van der Waals surface area contributed by atoms with Crippen LogP contribution in [0.15, 0.2) is 42.9 Å². The van der Waals surface area contributed by atoms with Crippen molar-refractivity contribution < 1.29 is 9.47 Å². The minimum absolute atomic E-state index is 0.113. The number of aryl methyl sites for hydroxylation is 2. The number of ether oxygens (including phenoxy) is 2. The smallest absolute Gasteiger partial charge is 0.152 e. The van der Waals surface area contributed by atoms with Crippen LogP contribution in [-0.2, 0) is 18.2 Å². The third-order valence-corrected chi connectivity index (χ3v) is 6.49. The lowest BCUT2D eigenvalue weighted by Gasteiger charge is -2.22. The van der Waals surface area contributed by atoms with Gasteiger partial charge in [0, 0.05) is 67.1 Å². The molecule has 176 valence electrons. The molecule has 0 saturated carbocycles. The Morgan fingerprint density at radius 2 is 2.12 bits per heavy atom. The van der Waals surface area contributed by atoms with Crippen LogP contribution in [0, 0.1) is 12.3 Å². The Balaban J connectivity index is 1.41. The van der Waals surface area contributed by atoms with Crippen LogP contribution in [-0.4, -0.2) is 51.6 Å². The number of benzene rings is 1. The van der Waals surface area contributed by atoms with Crippen LogP contribution in [0.2, 0.25) is 0 Å². The van der Waals surface area contributed by atoms with E-state index in [1.54, 1.807) is 13.3 Å². The number of hydrogen-bond donors (Lipinski definition) is 1. The second-order valence-corrected chi connectivity index (χ2v) is 9.36. The molecule has 4 heterocycles. The minimum Gasteiger partial charge on any atom is -0.496 e. The van der Waals surface area contributed by atoms with Gasteiger partial charge in [-0.3, -0.25) is 4.68 Å². The first kappa shape index (κ1) is 22.3. The van der Waals surface area contributed by atoms with Crippen LogP contribution < -0.4 is 10.1 Å². The molecule has 1 saturated heterocycles. The van der Waals surface area contributed by atoms with Gasteiger partial charge >= 0.3 is 0 Å². The number of anilines is 1. The largest absolute Gasteiger partial charge is 0.496 e. The highest BCUT2D eigenvalue weighted by molar-refractivity contribution is 5.87. The summed E-state index contributed by atoms with van der Waals surface area (Å²) in [5, 5.41) is 8.92. The number of rotatable bonds is 7. The van der Waals surface area contributed by atoms with Gasteiger partial charge in [-0.25, -0.2) is 15.0 Å². The molecule has 0 amide bonds. The van der Waals surface area contributed by atoms with Crippen molar-refractivity contribution in [2.45, 2.75) is 26.7 Å². The first-order chi connectivity index (χ1) is 16.4. The van der Waals surface area contributed by atoms with Crippen molar-refractivity contribution in [2.75, 3.05) is 32.2 Å². The van der Waals surface area contributed by atoms with Crippen molar-refractivity contribution in [3.63, 3.8) is 0 Å². The predicted octanol–water partition coefficient (Wildman–Crippen LogP) is 4.17. The number of pyridine rings is 1. The van der Waals surface area contributed by atoms with Gasteiger partial charge in [0.25, 0.3) is 0 Å². The maximum absolute atomic E-state index is 5.72. The lowest BCUT2D eigenvalue weighted by atomic mass is 9.90. The van der Waals surface area contributed by atoms with Gasteiger partial charge < -0.3 is 14.8 Å². The van der Waals surface area contributed by atoms with Crippen LogP contribution in [0.25, 0.3) is 22.0 Å². The maximum Gasteiger partial charge on any atom is 0.152 e. The Morgan fingerprint density at radius 3 is 2.85 bits per heavy atom. The van der Waals surface area contributed by atoms with Crippen molar-refractivity contribution in [1.82, 2.24) is 24.7 Å². The van der Waals surface area contributed by atoms with E-state index in [1.165, 1.54) is 0 Å². The molecule has 1 aliphatic heterocycles. The molecule has 5 rings (SSSR count). The monoisotopic (exact) mass is 458 g/mol. The average Bonchev–Trinajstić information content (AvgIpc) is 3.42. The first-order valence-corrected chi connectivity index (χ1v) is 11.5. The molecule has 1 aliphatic rings. The van der Waals surface area contributed by atoms with E-state index in [4.69, 9.17) is 14.5 Å². The molecule has 8 nitrogen and oxygen atoms in total. The second-order valence-electron chi connectivity index (χ2n) is 9.36. The SMILES string of the molecule is COc1cc(-c2cn(C)nc2C)ccc1Cc1ncc2ccnc(NCC3(C)CCOC3)c2n1. The van der Waals surface area contributed by atoms with E-state index in [0.717, 1.165) is 76.9 Å². The van der Waals surface area contributed by atoms with Gasteiger partial charge in [-0.15, -0.1) is 0 Å². The Bertz CT molecular complexity index is 1330. The fourth-order valence-electron chi connectivity index (χ4n) is 4.46. The molecule has 1 fully saturated rings. The Kier molecular flexibility index (Phi) is 5.91. The van der Waals surface area contributed by atoms with E-state index in [1.807, 2.05) is 37.1 Å². The van der Waals surface area contributed by atoms with Gasteiger partial charge in [-0.2, -0.15) is 5.10 Å². The van der Waals surface area contributed by atoms with Gasteiger partial charge in [-0.05, 0) is 31.0 Å². The molecule has 1 atom stereocenters. The lowest BCUT2D eigenvalue weighted by Crippen LogP contribution is -2.27. The molecular weight excluding hydrogens is 428 g/mol. The third-order valence-electron chi connectivity index (χ3n) is 6.49. The normalized spacial score (nSPS) is 17.9. The Hall–Kier alpha value is -3.52. The van der Waals surface area contributed by atoms with Crippen molar-refractivity contribution in [3.05, 3.63) is 59.9 Å². The molecule has 0 spiro atoms. The van der Waals surface area contributed by atoms with Crippen molar-refractivity contribution in [2.24, 2.45) is 12.5 Å². The van der Waals surface area contributed by atoms with E-state index in [9.17, 15) is 0 Å². The number of aromatic nitrogens is 5. The van der Waals surface area contributed by atoms with Gasteiger partial charge in [0.2, 0.25) is 0 Å². The molecule has 1 aromatic carbocycles. The Labute approximate surface area is 199 Å². The molecule has 0 radical (unpaired) electrons. The summed E-state index contributed by atoms with van der Waals surface area (Å²) < 4.78 is 13.1. The highest BCUT2D eigenvalue weighted by Gasteiger charge is 2.29. The van der Waals surface area contributed by atoms with Crippen molar-refractivity contribution in [3.8, 4) is 16.9 Å². The highest BCUT2D eigenvalue weighted by Crippen LogP contribution is 2.31. The zero-order valence-corrected chi connectivity index (χ0v) is 20.1. The lowest BCUT2D eigenvalue weighted by molar-refractivity contribution is 0.164. The maximum atomic E-state index is 5.72. The number of nitrogens with zero attached hydrogens (tertiary/aromatic N) is 5. The van der Waals surface area contributed by atoms with Crippen LogP contribution in [0.3, 0.4) is 0 Å². The summed E-state index contributed by atoms with van der Waals surface area (Å²) in [7, 11) is 3.62. The summed E-state index contributed by atoms with van der Waals surface area (Å²) in [5.41, 5.74) is 5.13. The predicted molar refractivity (Wildman–Crippen MR) is 132 cm³/mol. The summed E-state index contributed by atoms with van der Waals surface area (Å²) in [6.45, 7) is 6.62. The molecule has 0 bridgehead atoms. The van der Waals surface area contributed by atoms with E-state index in [0.29, 0.717) is 6.42 Å². The van der Waals surface area contributed by atoms with Gasteiger partial charge in [0.15, 0.2) is 5.82 Å². The van der Waals surface area contributed by atoms with Crippen LogP contribution in [0.5, 0.6) is 5.75 Å². The summed E-state index contributed by atoms with van der Waals surface area (Å²) >= 11 is 0. The zero-order chi connectivity index (χ0) is 23.7. The zero-order valence-electron chi connectivity index (χ0n) is 20.1. The Morgan fingerprint density at radius 1 is 1.24 bits per heavy atom. The van der Waals surface area contributed by atoms with E-state index >= 15 is 0 Å². The van der Waals surface area contributed by atoms with Gasteiger partial charge in [-0.1, -0.05) is 19.1 Å². The summed E-state index contributed by atoms with van der Waals surface area (Å²) in [4.78, 5) is 14.0. The van der Waals surface area contributed by atoms with Gasteiger partial charge in [0.05, 0.1) is 19.4 Å². The number of nitrogens with one attached hydrogen (secondary N) is 1.